The first-order valence-electron chi connectivity index (χ1n) is 13.2. The first-order chi connectivity index (χ1) is 17.1. The number of carbonyl (C=O) groups excluding carboxylic acids is 2. The zero-order valence-electron chi connectivity index (χ0n) is 23.0. The number of nitrogens with zero attached hydrogens (tertiary/aromatic N) is 1. The highest BCUT2D eigenvalue weighted by atomic mass is 19.3. The number of primary amides is 1. The molecule has 0 unspecified atom stereocenters. The smallest absolute Gasteiger partial charge is 0.410 e. The Labute approximate surface area is 219 Å². The van der Waals surface area contributed by atoms with Crippen LogP contribution in [0.4, 0.5) is 13.6 Å². The Balaban J connectivity index is 1.73. The van der Waals surface area contributed by atoms with Crippen molar-refractivity contribution in [2.75, 3.05) is 26.7 Å². The van der Waals surface area contributed by atoms with Crippen LogP contribution in [0.3, 0.4) is 0 Å². The third-order valence-corrected chi connectivity index (χ3v) is 7.67. The number of rotatable bonds is 8. The lowest BCUT2D eigenvalue weighted by molar-refractivity contribution is -0.0495. The molecule has 0 aromatic heterocycles. The predicted molar refractivity (Wildman–Crippen MR) is 139 cm³/mol. The van der Waals surface area contributed by atoms with Gasteiger partial charge in [0.1, 0.15) is 5.60 Å². The summed E-state index contributed by atoms with van der Waals surface area (Å²) in [6.45, 7) is 10.9. The molecule has 1 aromatic rings. The van der Waals surface area contributed by atoms with Crippen LogP contribution < -0.4 is 11.1 Å². The summed E-state index contributed by atoms with van der Waals surface area (Å²) >= 11 is 0. The van der Waals surface area contributed by atoms with Crippen molar-refractivity contribution in [2.45, 2.75) is 95.8 Å². The van der Waals surface area contributed by atoms with Crippen molar-refractivity contribution in [3.63, 3.8) is 0 Å². The molecule has 2 amide bonds. The number of nitrogens with one attached hydrogen (secondary N) is 1. The molecule has 37 heavy (non-hydrogen) atoms. The molecule has 2 atom stereocenters. The average Bonchev–Trinajstić information content (AvgIpc) is 2.79. The summed E-state index contributed by atoms with van der Waals surface area (Å²) in [4.78, 5) is 26.5. The molecule has 2 aliphatic carbocycles. The zero-order valence-corrected chi connectivity index (χ0v) is 23.0. The SMILES string of the molecule is CO[C@@H]1Cc2ccc(C(N)=O)cc2C(C)(C)[C@H]1NCCN(CC1CCC(F)(F)CC1)C(=O)OC(C)(C)C. The highest BCUT2D eigenvalue weighted by Crippen LogP contribution is 2.39. The number of methoxy groups -OCH3 is 1. The highest BCUT2D eigenvalue weighted by Gasteiger charge is 2.43. The summed E-state index contributed by atoms with van der Waals surface area (Å²) < 4.78 is 38.8. The molecular weight excluding hydrogens is 480 g/mol. The van der Waals surface area contributed by atoms with E-state index >= 15 is 0 Å². The minimum absolute atomic E-state index is 0.0177. The summed E-state index contributed by atoms with van der Waals surface area (Å²) in [5.41, 5.74) is 7.12. The van der Waals surface area contributed by atoms with Crippen LogP contribution in [0.5, 0.6) is 0 Å². The van der Waals surface area contributed by atoms with Crippen LogP contribution in [0.25, 0.3) is 0 Å². The Morgan fingerprint density at radius 2 is 1.84 bits per heavy atom. The number of hydrogen-bond acceptors (Lipinski definition) is 5. The van der Waals surface area contributed by atoms with E-state index in [-0.39, 0.29) is 36.3 Å². The number of alkyl halides is 2. The van der Waals surface area contributed by atoms with Gasteiger partial charge < -0.3 is 25.4 Å². The minimum Gasteiger partial charge on any atom is -0.444 e. The van der Waals surface area contributed by atoms with Gasteiger partial charge in [0, 0.05) is 63.0 Å². The van der Waals surface area contributed by atoms with Crippen LogP contribution in [0.15, 0.2) is 18.2 Å². The fourth-order valence-electron chi connectivity index (χ4n) is 5.61. The molecule has 1 aromatic carbocycles. The summed E-state index contributed by atoms with van der Waals surface area (Å²) in [5, 5.41) is 3.59. The van der Waals surface area contributed by atoms with Gasteiger partial charge in [-0.05, 0) is 62.8 Å². The van der Waals surface area contributed by atoms with E-state index in [0.717, 1.165) is 11.1 Å². The Morgan fingerprint density at radius 3 is 2.41 bits per heavy atom. The lowest BCUT2D eigenvalue weighted by Gasteiger charge is -2.45. The minimum atomic E-state index is -2.61. The van der Waals surface area contributed by atoms with Gasteiger partial charge in [0.15, 0.2) is 0 Å². The standard InChI is InChI=1S/C28H43F2N3O4/c1-26(2,3)37-25(35)33(17-18-9-11-28(29,30)12-10-18)14-13-32-23-22(36-6)16-19-7-8-20(24(31)34)15-21(19)27(23,4)5/h7-8,15,18,22-23,32H,9-14,16-17H2,1-6H3,(H2,31,34)/t22-,23+/m1/s1. The quantitative estimate of drug-likeness (QED) is 0.517. The molecule has 1 fully saturated rings. The van der Waals surface area contributed by atoms with E-state index in [1.165, 1.54) is 0 Å². The number of hydrogen-bond donors (Lipinski definition) is 2. The Kier molecular flexibility index (Phi) is 8.90. The van der Waals surface area contributed by atoms with Gasteiger partial charge in [0.2, 0.25) is 11.8 Å². The molecule has 208 valence electrons. The van der Waals surface area contributed by atoms with Gasteiger partial charge >= 0.3 is 6.09 Å². The number of amides is 2. The average molecular weight is 524 g/mol. The maximum Gasteiger partial charge on any atom is 0.410 e. The molecule has 9 heteroatoms. The van der Waals surface area contributed by atoms with E-state index in [2.05, 4.69) is 19.2 Å². The van der Waals surface area contributed by atoms with Gasteiger partial charge in [0.05, 0.1) is 6.10 Å². The molecule has 0 radical (unpaired) electrons. The Bertz CT molecular complexity index is 967. The first-order valence-corrected chi connectivity index (χ1v) is 13.2. The third-order valence-electron chi connectivity index (χ3n) is 7.67. The molecule has 7 nitrogen and oxygen atoms in total. The van der Waals surface area contributed by atoms with Crippen molar-refractivity contribution < 1.29 is 27.8 Å². The van der Waals surface area contributed by atoms with Crippen molar-refractivity contribution in [1.29, 1.82) is 0 Å². The van der Waals surface area contributed by atoms with Crippen LogP contribution in [0.1, 0.15) is 81.8 Å². The van der Waals surface area contributed by atoms with E-state index < -0.39 is 23.5 Å². The molecule has 0 bridgehead atoms. The van der Waals surface area contributed by atoms with E-state index in [0.29, 0.717) is 44.5 Å². The number of carbonyl (C=O) groups is 2. The van der Waals surface area contributed by atoms with E-state index in [4.69, 9.17) is 15.2 Å². The number of halogens is 2. The molecule has 3 N–H and O–H groups in total. The van der Waals surface area contributed by atoms with Crippen LogP contribution in [-0.2, 0) is 21.3 Å². The molecular formula is C28H43F2N3O4. The fraction of sp³-hybridized carbons (Fsp3) is 0.714. The normalized spacial score (nSPS) is 23.2. The van der Waals surface area contributed by atoms with E-state index in [9.17, 15) is 18.4 Å². The lowest BCUT2D eigenvalue weighted by atomic mass is 9.67. The van der Waals surface area contributed by atoms with Crippen molar-refractivity contribution in [3.05, 3.63) is 34.9 Å². The second kappa shape index (κ2) is 11.2. The van der Waals surface area contributed by atoms with Crippen LogP contribution in [-0.4, -0.2) is 67.3 Å². The topological polar surface area (TPSA) is 93.9 Å². The van der Waals surface area contributed by atoms with Crippen LogP contribution >= 0.6 is 0 Å². The molecule has 0 heterocycles. The monoisotopic (exact) mass is 523 g/mol. The number of nitrogens with two attached hydrogens (primary N) is 1. The number of ether oxygens (including phenoxy) is 2. The third kappa shape index (κ3) is 7.41. The molecule has 2 aliphatic rings. The highest BCUT2D eigenvalue weighted by molar-refractivity contribution is 5.93. The molecule has 0 aliphatic heterocycles. The summed E-state index contributed by atoms with van der Waals surface area (Å²) in [7, 11) is 1.68. The van der Waals surface area contributed by atoms with Crippen molar-refractivity contribution in [2.24, 2.45) is 11.7 Å². The van der Waals surface area contributed by atoms with E-state index in [1.807, 2.05) is 32.9 Å². The van der Waals surface area contributed by atoms with Crippen molar-refractivity contribution in [3.8, 4) is 0 Å². The zero-order chi connectivity index (χ0) is 27.6. The summed E-state index contributed by atoms with van der Waals surface area (Å²) in [6.07, 6.45) is 0.623. The maximum absolute atomic E-state index is 13.7. The van der Waals surface area contributed by atoms with Crippen molar-refractivity contribution >= 4 is 12.0 Å². The van der Waals surface area contributed by atoms with Gasteiger partial charge in [-0.1, -0.05) is 19.9 Å². The van der Waals surface area contributed by atoms with Gasteiger partial charge in [-0.2, -0.15) is 0 Å². The number of fused-ring (bicyclic) bond motifs is 1. The Morgan fingerprint density at radius 1 is 1.19 bits per heavy atom. The maximum atomic E-state index is 13.7. The van der Waals surface area contributed by atoms with Gasteiger partial charge in [-0.15, -0.1) is 0 Å². The van der Waals surface area contributed by atoms with Crippen LogP contribution in [0, 0.1) is 5.92 Å². The van der Waals surface area contributed by atoms with Gasteiger partial charge in [0.25, 0.3) is 0 Å². The number of benzene rings is 1. The van der Waals surface area contributed by atoms with E-state index in [1.54, 1.807) is 18.1 Å². The second-order valence-corrected chi connectivity index (χ2v) is 12.1. The lowest BCUT2D eigenvalue weighted by Crippen LogP contribution is -2.58. The van der Waals surface area contributed by atoms with Gasteiger partial charge in [-0.25, -0.2) is 13.6 Å². The molecule has 1 saturated carbocycles. The predicted octanol–water partition coefficient (Wildman–Crippen LogP) is 4.66. The largest absolute Gasteiger partial charge is 0.444 e. The fourth-order valence-corrected chi connectivity index (χ4v) is 5.61. The molecule has 3 rings (SSSR count). The van der Waals surface area contributed by atoms with Crippen molar-refractivity contribution in [1.82, 2.24) is 10.2 Å². The molecule has 0 spiro atoms. The summed E-state index contributed by atoms with van der Waals surface area (Å²) in [5.74, 6) is -3.06. The molecule has 0 saturated heterocycles. The Hall–Kier alpha value is -2.26. The first kappa shape index (κ1) is 29.3. The van der Waals surface area contributed by atoms with Gasteiger partial charge in [-0.3, -0.25) is 4.79 Å². The second-order valence-electron chi connectivity index (χ2n) is 12.1. The van der Waals surface area contributed by atoms with Crippen LogP contribution in [0.2, 0.25) is 0 Å². The summed E-state index contributed by atoms with van der Waals surface area (Å²) in [6, 6.07) is 5.46.